The lowest BCUT2D eigenvalue weighted by molar-refractivity contribution is -0.137. The molecule has 4 N–H and O–H groups in total. The van der Waals surface area contributed by atoms with Gasteiger partial charge in [-0.2, -0.15) is 13.2 Å². The van der Waals surface area contributed by atoms with E-state index in [0.29, 0.717) is 32.7 Å². The Balaban J connectivity index is 2.32. The molecule has 1 unspecified atom stereocenters. The molecule has 1 saturated heterocycles. The molecule has 2 rings (SSSR count). The van der Waals surface area contributed by atoms with Crippen molar-refractivity contribution in [2.75, 3.05) is 32.0 Å². The number of nitrogens with two attached hydrogens (primary N) is 2. The first kappa shape index (κ1) is 17.5. The average Bonchev–Trinajstić information content (AvgIpc) is 2.52. The van der Waals surface area contributed by atoms with Gasteiger partial charge < -0.3 is 16.2 Å². The van der Waals surface area contributed by atoms with Gasteiger partial charge in [0.2, 0.25) is 0 Å². The lowest BCUT2D eigenvalue weighted by Gasteiger charge is -2.31. The molecule has 6 nitrogen and oxygen atoms in total. The molecule has 0 aliphatic carbocycles. The van der Waals surface area contributed by atoms with Crippen molar-refractivity contribution < 1.29 is 17.9 Å². The van der Waals surface area contributed by atoms with Gasteiger partial charge in [-0.25, -0.2) is 9.98 Å². The molecule has 9 heteroatoms. The summed E-state index contributed by atoms with van der Waals surface area (Å²) < 4.78 is 44.7. The summed E-state index contributed by atoms with van der Waals surface area (Å²) >= 11 is 0. The first-order chi connectivity index (χ1) is 10.8. The number of alkyl halides is 3. The zero-order valence-electron chi connectivity index (χ0n) is 12.8. The highest BCUT2D eigenvalue weighted by Gasteiger charge is 2.35. The second kappa shape index (κ2) is 7.14. The van der Waals surface area contributed by atoms with Crippen molar-refractivity contribution in [3.8, 4) is 0 Å². The minimum atomic E-state index is -4.58. The van der Waals surface area contributed by atoms with Gasteiger partial charge in [0.05, 0.1) is 18.8 Å². The largest absolute Gasteiger partial charge is 0.417 e. The SMILES string of the molecule is CCC(N=C(N)c1cnc(N)cc1C(F)(F)F)N1CCOCC1. The van der Waals surface area contributed by atoms with Gasteiger partial charge in [0.1, 0.15) is 17.8 Å². The molecule has 23 heavy (non-hydrogen) atoms. The van der Waals surface area contributed by atoms with Crippen LogP contribution in [0.25, 0.3) is 0 Å². The van der Waals surface area contributed by atoms with Crippen LogP contribution in [0.2, 0.25) is 0 Å². The fourth-order valence-electron chi connectivity index (χ4n) is 2.45. The summed E-state index contributed by atoms with van der Waals surface area (Å²) in [6.07, 6.45) is -3.22. The van der Waals surface area contributed by atoms with Crippen LogP contribution in [0.15, 0.2) is 17.3 Å². The molecule has 128 valence electrons. The molecule has 0 aromatic carbocycles. The third kappa shape index (κ3) is 4.32. The fraction of sp³-hybridized carbons (Fsp3) is 0.571. The molecule has 1 atom stereocenters. The highest BCUT2D eigenvalue weighted by atomic mass is 19.4. The summed E-state index contributed by atoms with van der Waals surface area (Å²) in [5.74, 6) is -0.405. The molecule has 1 aliphatic rings. The van der Waals surface area contributed by atoms with Crippen molar-refractivity contribution >= 4 is 11.7 Å². The highest BCUT2D eigenvalue weighted by molar-refractivity contribution is 5.99. The minimum absolute atomic E-state index is 0.192. The first-order valence-electron chi connectivity index (χ1n) is 7.31. The number of hydrogen-bond donors (Lipinski definition) is 2. The number of nitrogens with zero attached hydrogens (tertiary/aromatic N) is 3. The van der Waals surface area contributed by atoms with E-state index in [1.165, 1.54) is 0 Å². The van der Waals surface area contributed by atoms with E-state index < -0.39 is 11.7 Å². The first-order valence-corrected chi connectivity index (χ1v) is 7.31. The van der Waals surface area contributed by atoms with Crippen LogP contribution >= 0.6 is 0 Å². The predicted molar refractivity (Wildman–Crippen MR) is 80.8 cm³/mol. The van der Waals surface area contributed by atoms with Gasteiger partial charge in [-0.05, 0) is 12.5 Å². The van der Waals surface area contributed by atoms with Gasteiger partial charge in [0.15, 0.2) is 0 Å². The summed E-state index contributed by atoms with van der Waals surface area (Å²) in [6, 6.07) is 0.771. The van der Waals surface area contributed by atoms with E-state index in [-0.39, 0.29) is 23.4 Å². The van der Waals surface area contributed by atoms with Crippen molar-refractivity contribution in [3.05, 3.63) is 23.4 Å². The summed E-state index contributed by atoms with van der Waals surface area (Å²) in [6.45, 7) is 4.39. The Kier molecular flexibility index (Phi) is 5.42. The number of anilines is 1. The van der Waals surface area contributed by atoms with Crippen LogP contribution in [-0.4, -0.2) is 48.2 Å². The van der Waals surface area contributed by atoms with E-state index in [4.69, 9.17) is 16.2 Å². The number of ether oxygens (including phenoxy) is 1. The summed E-state index contributed by atoms with van der Waals surface area (Å²) in [5, 5.41) is 0. The van der Waals surface area contributed by atoms with Crippen molar-refractivity contribution in [2.24, 2.45) is 10.7 Å². The van der Waals surface area contributed by atoms with E-state index in [9.17, 15) is 13.2 Å². The molecule has 0 radical (unpaired) electrons. The zero-order valence-corrected chi connectivity index (χ0v) is 12.8. The predicted octanol–water partition coefficient (Wildman–Crippen LogP) is 1.46. The Labute approximate surface area is 132 Å². The molecule has 1 aromatic heterocycles. The normalized spacial score (nSPS) is 18.9. The maximum atomic E-state index is 13.1. The Morgan fingerprint density at radius 2 is 2.09 bits per heavy atom. The standard InChI is InChI=1S/C14H20F3N5O/c1-2-12(22-3-5-23-6-4-22)21-13(19)9-8-20-11(18)7-10(9)14(15,16)17/h7-8,12H,2-6H2,1H3,(H2,18,20)(H2,19,21). The quantitative estimate of drug-likeness (QED) is 0.644. The zero-order chi connectivity index (χ0) is 17.0. The monoisotopic (exact) mass is 331 g/mol. The molecule has 1 aliphatic heterocycles. The van der Waals surface area contributed by atoms with Gasteiger partial charge in [0, 0.05) is 24.8 Å². The number of aromatic nitrogens is 1. The van der Waals surface area contributed by atoms with E-state index >= 15 is 0 Å². The summed E-state index contributed by atoms with van der Waals surface area (Å²) in [5.41, 5.74) is 10.0. The third-order valence-electron chi connectivity index (χ3n) is 3.63. The van der Waals surface area contributed by atoms with E-state index in [1.807, 2.05) is 11.8 Å². The van der Waals surface area contributed by atoms with Crippen LogP contribution in [0.1, 0.15) is 24.5 Å². The van der Waals surface area contributed by atoms with Crippen molar-refractivity contribution in [2.45, 2.75) is 25.7 Å². The van der Waals surface area contributed by atoms with Gasteiger partial charge >= 0.3 is 6.18 Å². The number of amidine groups is 1. The number of pyridine rings is 1. The van der Waals surface area contributed by atoms with Gasteiger partial charge in [-0.15, -0.1) is 0 Å². The third-order valence-corrected chi connectivity index (χ3v) is 3.63. The van der Waals surface area contributed by atoms with Crippen molar-refractivity contribution in [1.29, 1.82) is 0 Å². The Bertz CT molecular complexity index is 570. The van der Waals surface area contributed by atoms with Gasteiger partial charge in [0.25, 0.3) is 0 Å². The maximum absolute atomic E-state index is 13.1. The number of halogens is 3. The molecular weight excluding hydrogens is 311 g/mol. The summed E-state index contributed by atoms with van der Waals surface area (Å²) in [7, 11) is 0. The number of rotatable bonds is 4. The van der Waals surface area contributed by atoms with Crippen LogP contribution < -0.4 is 11.5 Å². The fourth-order valence-corrected chi connectivity index (χ4v) is 2.45. The Morgan fingerprint density at radius 3 is 2.65 bits per heavy atom. The van der Waals surface area contributed by atoms with Gasteiger partial charge in [-0.1, -0.05) is 6.92 Å². The molecule has 1 aromatic rings. The lowest BCUT2D eigenvalue weighted by Crippen LogP contribution is -2.43. The molecular formula is C14H20F3N5O. The highest BCUT2D eigenvalue weighted by Crippen LogP contribution is 2.32. The van der Waals surface area contributed by atoms with E-state index in [2.05, 4.69) is 9.98 Å². The second-order valence-corrected chi connectivity index (χ2v) is 5.20. The number of hydrogen-bond acceptors (Lipinski definition) is 5. The van der Waals surface area contributed by atoms with Crippen LogP contribution in [0.3, 0.4) is 0 Å². The van der Waals surface area contributed by atoms with Crippen LogP contribution in [-0.2, 0) is 10.9 Å². The Morgan fingerprint density at radius 1 is 1.43 bits per heavy atom. The number of nitrogen functional groups attached to an aromatic ring is 1. The molecule has 0 bridgehead atoms. The maximum Gasteiger partial charge on any atom is 0.417 e. The summed E-state index contributed by atoms with van der Waals surface area (Å²) in [4.78, 5) is 10.0. The van der Waals surface area contributed by atoms with E-state index in [0.717, 1.165) is 12.3 Å². The van der Waals surface area contributed by atoms with Crippen molar-refractivity contribution in [3.63, 3.8) is 0 Å². The van der Waals surface area contributed by atoms with Crippen molar-refractivity contribution in [1.82, 2.24) is 9.88 Å². The molecule has 1 fully saturated rings. The van der Waals surface area contributed by atoms with Crippen LogP contribution in [0.5, 0.6) is 0 Å². The smallest absolute Gasteiger partial charge is 0.384 e. The molecule has 0 spiro atoms. The molecule has 2 heterocycles. The minimum Gasteiger partial charge on any atom is -0.384 e. The lowest BCUT2D eigenvalue weighted by atomic mass is 10.1. The molecule has 0 saturated carbocycles. The van der Waals surface area contributed by atoms with Gasteiger partial charge in [-0.3, -0.25) is 4.90 Å². The van der Waals surface area contributed by atoms with E-state index in [1.54, 1.807) is 0 Å². The average molecular weight is 331 g/mol. The second-order valence-electron chi connectivity index (χ2n) is 5.20. The molecule has 0 amide bonds. The number of aliphatic imine (C=N–C) groups is 1. The topological polar surface area (TPSA) is 89.8 Å². The van der Waals surface area contributed by atoms with Crippen LogP contribution in [0, 0.1) is 0 Å². The Hall–Kier alpha value is -1.87. The van der Waals surface area contributed by atoms with Crippen LogP contribution in [0.4, 0.5) is 19.0 Å². The number of morpholine rings is 1.